The van der Waals surface area contributed by atoms with Crippen LogP contribution in [0.1, 0.15) is 0 Å². The predicted molar refractivity (Wildman–Crippen MR) is 246 cm³/mol. The minimum atomic E-state index is -2.47. The highest BCUT2D eigenvalue weighted by molar-refractivity contribution is 8.26. The predicted octanol–water partition coefficient (Wildman–Crippen LogP) is 10.1. The molecular formula is C50H42P4. The van der Waals surface area contributed by atoms with Gasteiger partial charge in [-0.3, -0.25) is 0 Å². The molecule has 0 aromatic heterocycles. The monoisotopic (exact) mass is 766 g/mol. The van der Waals surface area contributed by atoms with E-state index in [-0.39, 0.29) is 0 Å². The summed E-state index contributed by atoms with van der Waals surface area (Å²) in [5, 5.41) is 11.3. The van der Waals surface area contributed by atoms with Crippen molar-refractivity contribution in [2.75, 3.05) is 5.90 Å². The van der Waals surface area contributed by atoms with Gasteiger partial charge < -0.3 is 0 Å². The van der Waals surface area contributed by atoms with Crippen LogP contribution in [0.25, 0.3) is 0 Å². The zero-order valence-corrected chi connectivity index (χ0v) is 33.7. The van der Waals surface area contributed by atoms with Crippen LogP contribution in [-0.2, 0) is 0 Å². The van der Waals surface area contributed by atoms with E-state index in [1.54, 1.807) is 4.78 Å². The normalized spacial score (nSPS) is 11.5. The average Bonchev–Trinajstić information content (AvgIpc) is 3.27. The van der Waals surface area contributed by atoms with Gasteiger partial charge in [0.15, 0.2) is 0 Å². The van der Waals surface area contributed by atoms with Crippen molar-refractivity contribution in [1.29, 1.82) is 0 Å². The molecule has 262 valence electrons. The van der Waals surface area contributed by atoms with Crippen LogP contribution >= 0.6 is 30.7 Å². The summed E-state index contributed by atoms with van der Waals surface area (Å²) in [6.07, 6.45) is 0. The molecule has 54 heavy (non-hydrogen) atoms. The summed E-state index contributed by atoms with van der Waals surface area (Å²) in [6.45, 7) is -2.47. The molecule has 0 saturated carbocycles. The Balaban J connectivity index is 1.63. The molecule has 0 heterocycles. The van der Waals surface area contributed by atoms with Crippen LogP contribution in [0.3, 0.4) is 0 Å². The second kappa shape index (κ2) is 17.7. The van der Waals surface area contributed by atoms with Crippen molar-refractivity contribution >= 4 is 77.9 Å². The molecule has 0 aliphatic carbocycles. The number of benzene rings is 8. The first-order valence-electron chi connectivity index (χ1n) is 18.4. The number of hydrogen-bond donors (Lipinski definition) is 0. The first kappa shape index (κ1) is 36.3. The Labute approximate surface area is 324 Å². The van der Waals surface area contributed by atoms with Gasteiger partial charge in [-0.25, -0.2) is 0 Å². The fourth-order valence-corrected chi connectivity index (χ4v) is 27.7. The van der Waals surface area contributed by atoms with E-state index in [9.17, 15) is 0 Å². The molecule has 0 bridgehead atoms. The minimum Gasteiger partial charge on any atom is -0.0622 e. The average molecular weight is 767 g/mol. The number of hydrogen-bond acceptors (Lipinski definition) is 0. The molecule has 0 radical (unpaired) electrons. The van der Waals surface area contributed by atoms with Crippen LogP contribution in [0.15, 0.2) is 243 Å². The molecule has 0 fully saturated rings. The molecule has 8 aromatic rings. The van der Waals surface area contributed by atoms with Crippen LogP contribution in [0.2, 0.25) is 0 Å². The lowest BCUT2D eigenvalue weighted by atomic mass is 10.4. The van der Waals surface area contributed by atoms with Crippen LogP contribution < -0.4 is 42.4 Å². The van der Waals surface area contributed by atoms with Gasteiger partial charge in [0.1, 0.15) is 0 Å². The lowest BCUT2D eigenvalue weighted by Gasteiger charge is -2.42. The lowest BCUT2D eigenvalue weighted by Crippen LogP contribution is -2.32. The Morgan fingerprint density at radius 3 is 0.759 bits per heavy atom. The summed E-state index contributed by atoms with van der Waals surface area (Å²) in [5.41, 5.74) is 0. The van der Waals surface area contributed by atoms with Gasteiger partial charge in [0.2, 0.25) is 0 Å². The van der Waals surface area contributed by atoms with Crippen molar-refractivity contribution < 1.29 is 0 Å². The molecule has 8 aromatic carbocycles. The minimum absolute atomic E-state index is 0.794. The molecule has 0 N–H and O–H groups in total. The van der Waals surface area contributed by atoms with Crippen molar-refractivity contribution in [3.63, 3.8) is 0 Å². The molecule has 0 unspecified atom stereocenters. The Bertz CT molecular complexity index is 2140. The molecule has 0 atom stereocenters. The van der Waals surface area contributed by atoms with Gasteiger partial charge in [-0.1, -0.05) is 243 Å². The van der Waals surface area contributed by atoms with Crippen molar-refractivity contribution in [3.8, 4) is 0 Å². The molecule has 0 saturated heterocycles. The van der Waals surface area contributed by atoms with Gasteiger partial charge >= 0.3 is 0 Å². The maximum atomic E-state index is 2.46. The van der Waals surface area contributed by atoms with E-state index in [0.29, 0.717) is 0 Å². The maximum absolute atomic E-state index is 2.47. The van der Waals surface area contributed by atoms with E-state index < -0.39 is 30.7 Å². The van der Waals surface area contributed by atoms with Crippen molar-refractivity contribution in [2.45, 2.75) is 0 Å². The second-order valence-corrected chi connectivity index (χ2v) is 24.5. The molecule has 4 heteroatoms. The molecule has 0 amide bonds. The third-order valence-electron chi connectivity index (χ3n) is 9.68. The Hall–Kier alpha value is -4.65. The zero-order valence-electron chi connectivity index (χ0n) is 30.1. The van der Waals surface area contributed by atoms with Gasteiger partial charge in [-0.2, -0.15) is 0 Å². The SMILES string of the molecule is c1ccc(P(CP(=C(P(c2ccccc2)c2ccccc2)P(c2ccccc2)c2ccccc2)(c2ccccc2)c2ccccc2)c2ccccc2)cc1. The summed E-state index contributed by atoms with van der Waals surface area (Å²) in [5.74, 6) is 1.02. The molecular weight excluding hydrogens is 724 g/mol. The fraction of sp³-hybridized carbons (Fsp3) is 0.0200. The largest absolute Gasteiger partial charge is 0.0622 e. The van der Waals surface area contributed by atoms with Gasteiger partial charge in [0, 0.05) is 10.7 Å². The molecule has 0 nitrogen and oxygen atoms in total. The van der Waals surface area contributed by atoms with Crippen molar-refractivity contribution in [1.82, 2.24) is 0 Å². The van der Waals surface area contributed by atoms with Crippen molar-refractivity contribution in [3.05, 3.63) is 243 Å². The molecule has 8 rings (SSSR count). The van der Waals surface area contributed by atoms with Gasteiger partial charge in [0.25, 0.3) is 0 Å². The summed E-state index contributed by atoms with van der Waals surface area (Å²) in [4.78, 5) is 0. The molecule has 0 aliphatic rings. The highest BCUT2D eigenvalue weighted by Gasteiger charge is 2.40. The quantitative estimate of drug-likeness (QED) is 0.109. The highest BCUT2D eigenvalue weighted by Crippen LogP contribution is 2.68. The van der Waals surface area contributed by atoms with E-state index in [1.807, 2.05) is 0 Å². The van der Waals surface area contributed by atoms with Gasteiger partial charge in [-0.15, -0.1) is 0 Å². The third kappa shape index (κ3) is 7.78. The van der Waals surface area contributed by atoms with Crippen LogP contribution in [0.5, 0.6) is 0 Å². The summed E-state index contributed by atoms with van der Waals surface area (Å²) in [6, 6.07) is 91.8. The van der Waals surface area contributed by atoms with Crippen LogP contribution in [0, 0.1) is 0 Å². The van der Waals surface area contributed by atoms with Gasteiger partial charge in [0.05, 0.1) is 0 Å². The Kier molecular flexibility index (Phi) is 11.9. The summed E-state index contributed by atoms with van der Waals surface area (Å²) < 4.78 is 1.69. The first-order chi connectivity index (χ1) is 26.8. The zero-order chi connectivity index (χ0) is 36.4. The smallest absolute Gasteiger partial charge is 0.00406 e. The topological polar surface area (TPSA) is 0 Å². The fourth-order valence-electron chi connectivity index (χ4n) is 7.22. The van der Waals surface area contributed by atoms with E-state index in [2.05, 4.69) is 243 Å². The molecule has 0 spiro atoms. The van der Waals surface area contributed by atoms with E-state index in [0.717, 1.165) is 5.90 Å². The maximum Gasteiger partial charge on any atom is 0.00406 e. The van der Waals surface area contributed by atoms with E-state index in [4.69, 9.17) is 0 Å². The highest BCUT2D eigenvalue weighted by atomic mass is 31.2. The Morgan fingerprint density at radius 2 is 0.500 bits per heavy atom. The second-order valence-electron chi connectivity index (χ2n) is 13.0. The Morgan fingerprint density at radius 1 is 0.278 bits per heavy atom. The van der Waals surface area contributed by atoms with Crippen LogP contribution in [0.4, 0.5) is 0 Å². The lowest BCUT2D eigenvalue weighted by molar-refractivity contribution is 1.73. The van der Waals surface area contributed by atoms with Gasteiger partial charge in [-0.05, 0) is 73.1 Å². The van der Waals surface area contributed by atoms with Crippen LogP contribution in [-0.4, -0.2) is 10.7 Å². The standard InChI is InChI=1S/C50H42P4/c1-9-25-42(26-10-1)51(43-27-11-2-12-28-43)41-54(48-37-21-7-22-38-48,49-39-23-8-24-40-49)50(52(44-29-13-3-14-30-44)45-31-15-4-16-32-45)53(46-33-17-5-18-34-46)47-35-19-6-20-36-47/h1-40H,41H2. The van der Waals surface area contributed by atoms with E-state index >= 15 is 0 Å². The van der Waals surface area contributed by atoms with Crippen molar-refractivity contribution in [2.24, 2.45) is 0 Å². The third-order valence-corrected chi connectivity index (χ3v) is 25.9. The first-order valence-corrected chi connectivity index (χ1v) is 24.6. The number of rotatable bonds is 12. The summed E-state index contributed by atoms with van der Waals surface area (Å²) in [7, 11) is -2.79. The van der Waals surface area contributed by atoms with E-state index in [1.165, 1.54) is 42.4 Å². The summed E-state index contributed by atoms with van der Waals surface area (Å²) >= 11 is 0. The molecule has 0 aliphatic heterocycles.